The van der Waals surface area contributed by atoms with E-state index in [1.165, 1.54) is 6.20 Å². The maximum Gasteiger partial charge on any atom is 0.274 e. The summed E-state index contributed by atoms with van der Waals surface area (Å²) < 4.78 is 6.05. The Morgan fingerprint density at radius 2 is 2.17 bits per heavy atom. The lowest BCUT2D eigenvalue weighted by molar-refractivity contribution is 0.0509. The van der Waals surface area contributed by atoms with Crippen molar-refractivity contribution < 1.29 is 9.53 Å². The van der Waals surface area contributed by atoms with Crippen molar-refractivity contribution in [1.29, 1.82) is 0 Å². The SMILES string of the molecule is O=C(c1cnccn1)N1CC2(C[C@@H](Oc3ccccn3)CS2)C1. The third-order valence-electron chi connectivity index (χ3n) is 4.13. The van der Waals surface area contributed by atoms with Crippen LogP contribution in [0.2, 0.25) is 0 Å². The summed E-state index contributed by atoms with van der Waals surface area (Å²) in [5.74, 6) is 1.56. The summed E-state index contributed by atoms with van der Waals surface area (Å²) in [4.78, 5) is 26.4. The standard InChI is InChI=1S/C16H16N4O2S/c21-15(13-8-17-5-6-18-13)20-10-16(11-20)7-12(9-23-16)22-14-3-1-2-4-19-14/h1-6,8,12H,7,9-11H2/t12-/m1/s1. The van der Waals surface area contributed by atoms with Crippen LogP contribution < -0.4 is 4.74 Å². The highest BCUT2D eigenvalue weighted by atomic mass is 32.2. The zero-order chi connectivity index (χ0) is 15.7. The van der Waals surface area contributed by atoms with Crippen molar-refractivity contribution in [3.8, 4) is 5.88 Å². The van der Waals surface area contributed by atoms with Gasteiger partial charge in [-0.3, -0.25) is 9.78 Å². The summed E-state index contributed by atoms with van der Waals surface area (Å²) in [5.41, 5.74) is 0.409. The fourth-order valence-corrected chi connectivity index (χ4v) is 4.57. The molecule has 7 heteroatoms. The van der Waals surface area contributed by atoms with Crippen LogP contribution in [-0.4, -0.2) is 55.5 Å². The summed E-state index contributed by atoms with van der Waals surface area (Å²) in [6, 6.07) is 5.67. The molecule has 1 amide bonds. The Hall–Kier alpha value is -2.15. The molecule has 0 aliphatic carbocycles. The number of hydrogen-bond acceptors (Lipinski definition) is 6. The van der Waals surface area contributed by atoms with Crippen molar-refractivity contribution in [2.24, 2.45) is 0 Å². The molecule has 118 valence electrons. The van der Waals surface area contributed by atoms with E-state index >= 15 is 0 Å². The van der Waals surface area contributed by atoms with Gasteiger partial charge in [0.2, 0.25) is 5.88 Å². The number of aromatic nitrogens is 3. The van der Waals surface area contributed by atoms with Gasteiger partial charge in [-0.2, -0.15) is 0 Å². The average Bonchev–Trinajstić information content (AvgIpc) is 2.99. The Morgan fingerprint density at radius 3 is 2.91 bits per heavy atom. The normalized spacial score (nSPS) is 21.9. The quantitative estimate of drug-likeness (QED) is 0.853. The van der Waals surface area contributed by atoms with Gasteiger partial charge in [0, 0.05) is 49.9 Å². The van der Waals surface area contributed by atoms with E-state index in [2.05, 4.69) is 15.0 Å². The van der Waals surface area contributed by atoms with Gasteiger partial charge in [0.05, 0.1) is 10.9 Å². The number of hydrogen-bond donors (Lipinski definition) is 0. The largest absolute Gasteiger partial charge is 0.473 e. The molecule has 2 aromatic heterocycles. The van der Waals surface area contributed by atoms with Gasteiger partial charge in [0.1, 0.15) is 11.8 Å². The summed E-state index contributed by atoms with van der Waals surface area (Å²) in [7, 11) is 0. The Morgan fingerprint density at radius 1 is 1.26 bits per heavy atom. The monoisotopic (exact) mass is 328 g/mol. The molecule has 0 N–H and O–H groups in total. The first-order valence-corrected chi connectivity index (χ1v) is 8.50. The van der Waals surface area contributed by atoms with E-state index in [-0.39, 0.29) is 16.8 Å². The van der Waals surface area contributed by atoms with E-state index in [9.17, 15) is 4.79 Å². The molecular formula is C16H16N4O2S. The molecule has 0 aromatic carbocycles. The van der Waals surface area contributed by atoms with Crippen LogP contribution in [0.25, 0.3) is 0 Å². The maximum atomic E-state index is 12.3. The molecule has 2 aliphatic rings. The molecule has 2 aromatic rings. The number of nitrogens with zero attached hydrogens (tertiary/aromatic N) is 4. The number of pyridine rings is 1. The third-order valence-corrected chi connectivity index (χ3v) is 5.70. The van der Waals surface area contributed by atoms with Crippen LogP contribution in [0.4, 0.5) is 0 Å². The molecule has 1 atom stereocenters. The van der Waals surface area contributed by atoms with Crippen molar-refractivity contribution in [3.05, 3.63) is 48.7 Å². The van der Waals surface area contributed by atoms with Crippen molar-refractivity contribution >= 4 is 17.7 Å². The second kappa shape index (κ2) is 5.81. The number of likely N-dealkylation sites (tertiary alicyclic amines) is 1. The average molecular weight is 328 g/mol. The van der Waals surface area contributed by atoms with Gasteiger partial charge in [-0.05, 0) is 6.07 Å². The molecule has 0 unspecified atom stereocenters. The Bertz CT molecular complexity index is 692. The van der Waals surface area contributed by atoms with Crippen LogP contribution in [0.1, 0.15) is 16.9 Å². The number of amides is 1. The minimum Gasteiger partial charge on any atom is -0.473 e. The lowest BCUT2D eigenvalue weighted by Crippen LogP contribution is -2.61. The molecule has 1 spiro atoms. The summed E-state index contributed by atoms with van der Waals surface area (Å²) in [5, 5.41) is 0. The van der Waals surface area contributed by atoms with Crippen LogP contribution in [-0.2, 0) is 0 Å². The minimum atomic E-state index is -0.0431. The van der Waals surface area contributed by atoms with Gasteiger partial charge < -0.3 is 9.64 Å². The second-order valence-corrected chi connectivity index (χ2v) is 7.35. The molecule has 4 rings (SSSR count). The van der Waals surface area contributed by atoms with E-state index in [0.717, 1.165) is 25.3 Å². The van der Waals surface area contributed by atoms with Crippen molar-refractivity contribution in [2.45, 2.75) is 17.3 Å². The molecule has 0 saturated carbocycles. The fourth-order valence-electron chi connectivity index (χ4n) is 3.05. The number of carbonyl (C=O) groups is 1. The van der Waals surface area contributed by atoms with E-state index in [1.807, 2.05) is 34.9 Å². The van der Waals surface area contributed by atoms with Gasteiger partial charge in [-0.25, -0.2) is 9.97 Å². The highest BCUT2D eigenvalue weighted by Gasteiger charge is 2.51. The maximum absolute atomic E-state index is 12.3. The smallest absolute Gasteiger partial charge is 0.274 e. The van der Waals surface area contributed by atoms with E-state index in [1.54, 1.807) is 18.6 Å². The first-order chi connectivity index (χ1) is 11.2. The zero-order valence-electron chi connectivity index (χ0n) is 12.5. The second-order valence-electron chi connectivity index (χ2n) is 5.86. The highest BCUT2D eigenvalue weighted by Crippen LogP contribution is 2.46. The van der Waals surface area contributed by atoms with E-state index in [4.69, 9.17) is 4.74 Å². The Labute approximate surface area is 138 Å². The fraction of sp³-hybridized carbons (Fsp3) is 0.375. The number of carbonyl (C=O) groups excluding carboxylic acids is 1. The topological polar surface area (TPSA) is 68.2 Å². The number of thioether (sulfide) groups is 1. The van der Waals surface area contributed by atoms with Crippen LogP contribution in [0.3, 0.4) is 0 Å². The molecule has 4 heterocycles. The molecule has 0 bridgehead atoms. The Balaban J connectivity index is 1.34. The van der Waals surface area contributed by atoms with Crippen LogP contribution in [0, 0.1) is 0 Å². The van der Waals surface area contributed by atoms with Gasteiger partial charge in [-0.15, -0.1) is 11.8 Å². The zero-order valence-corrected chi connectivity index (χ0v) is 13.3. The first-order valence-electron chi connectivity index (χ1n) is 7.51. The molecule has 6 nitrogen and oxygen atoms in total. The molecule has 0 radical (unpaired) electrons. The molecule has 23 heavy (non-hydrogen) atoms. The van der Waals surface area contributed by atoms with Gasteiger partial charge in [0.15, 0.2) is 0 Å². The number of ether oxygens (including phenoxy) is 1. The summed E-state index contributed by atoms with van der Waals surface area (Å²) in [6.07, 6.45) is 7.46. The lowest BCUT2D eigenvalue weighted by Gasteiger charge is -2.47. The first kappa shape index (κ1) is 14.4. The minimum absolute atomic E-state index is 0.0431. The van der Waals surface area contributed by atoms with E-state index in [0.29, 0.717) is 11.6 Å². The lowest BCUT2D eigenvalue weighted by atomic mass is 9.92. The summed E-state index contributed by atoms with van der Waals surface area (Å²) >= 11 is 1.89. The van der Waals surface area contributed by atoms with Gasteiger partial charge in [-0.1, -0.05) is 6.07 Å². The molecule has 2 fully saturated rings. The molecule has 2 saturated heterocycles. The predicted molar refractivity (Wildman–Crippen MR) is 86.4 cm³/mol. The molecular weight excluding hydrogens is 312 g/mol. The van der Waals surface area contributed by atoms with Crippen molar-refractivity contribution in [3.63, 3.8) is 0 Å². The Kier molecular flexibility index (Phi) is 3.65. The van der Waals surface area contributed by atoms with Crippen LogP contribution in [0.15, 0.2) is 43.0 Å². The predicted octanol–water partition coefficient (Wildman–Crippen LogP) is 1.65. The van der Waals surface area contributed by atoms with Crippen LogP contribution in [0.5, 0.6) is 5.88 Å². The number of rotatable bonds is 3. The van der Waals surface area contributed by atoms with Crippen molar-refractivity contribution in [1.82, 2.24) is 19.9 Å². The molecule has 2 aliphatic heterocycles. The van der Waals surface area contributed by atoms with E-state index < -0.39 is 0 Å². The van der Waals surface area contributed by atoms with Crippen molar-refractivity contribution in [2.75, 3.05) is 18.8 Å². The van der Waals surface area contributed by atoms with Gasteiger partial charge in [0.25, 0.3) is 5.91 Å². The van der Waals surface area contributed by atoms with Gasteiger partial charge >= 0.3 is 0 Å². The summed E-state index contributed by atoms with van der Waals surface area (Å²) in [6.45, 7) is 1.49. The van der Waals surface area contributed by atoms with Crippen LogP contribution >= 0.6 is 11.8 Å². The third kappa shape index (κ3) is 2.88. The highest BCUT2D eigenvalue weighted by molar-refractivity contribution is 8.01.